The molecule has 2 rings (SSSR count). The number of para-hydroxylation sites is 1. The molecule has 0 bridgehead atoms. The van der Waals surface area contributed by atoms with E-state index in [-0.39, 0.29) is 0 Å². The molecule has 0 aliphatic heterocycles. The van der Waals surface area contributed by atoms with Crippen LogP contribution in [0.4, 0.5) is 0 Å². The molecule has 0 radical (unpaired) electrons. The number of rotatable bonds is 8. The van der Waals surface area contributed by atoms with Gasteiger partial charge in [-0.3, -0.25) is 0 Å². The second-order valence-corrected chi connectivity index (χ2v) is 5.30. The Morgan fingerprint density at radius 2 is 1.85 bits per heavy atom. The first kappa shape index (κ1) is 15.1. The first-order chi connectivity index (χ1) is 9.76. The van der Waals surface area contributed by atoms with E-state index in [2.05, 4.69) is 66.0 Å². The number of hydrogen-bond donors (Lipinski definition) is 1. The highest BCUT2D eigenvalue weighted by Gasteiger charge is 2.04. The van der Waals surface area contributed by atoms with Gasteiger partial charge in [-0.1, -0.05) is 32.0 Å². The summed E-state index contributed by atoms with van der Waals surface area (Å²) in [5.74, 6) is 0. The Kier molecular flexibility index (Phi) is 5.62. The standard InChI is InChI=1S/C17H27N3/c1-4-19(5-2)12-10-18-11-13-20-14-15(3)16-8-6-7-9-17(16)20/h6-9,14,18H,4-5,10-13H2,1-3H3. The van der Waals surface area contributed by atoms with Gasteiger partial charge in [0, 0.05) is 43.3 Å². The summed E-state index contributed by atoms with van der Waals surface area (Å²) >= 11 is 0. The molecule has 2 aromatic rings. The van der Waals surface area contributed by atoms with E-state index >= 15 is 0 Å². The van der Waals surface area contributed by atoms with Crippen LogP contribution in [-0.2, 0) is 6.54 Å². The molecule has 0 aliphatic carbocycles. The molecule has 0 saturated carbocycles. The van der Waals surface area contributed by atoms with Crippen LogP contribution in [-0.4, -0.2) is 42.2 Å². The summed E-state index contributed by atoms with van der Waals surface area (Å²) in [5, 5.41) is 4.92. The Hall–Kier alpha value is -1.32. The molecule has 0 spiro atoms. The maximum absolute atomic E-state index is 3.54. The summed E-state index contributed by atoms with van der Waals surface area (Å²) in [6, 6.07) is 8.64. The van der Waals surface area contributed by atoms with Gasteiger partial charge in [0.25, 0.3) is 0 Å². The van der Waals surface area contributed by atoms with Crippen molar-refractivity contribution in [3.63, 3.8) is 0 Å². The van der Waals surface area contributed by atoms with Gasteiger partial charge in [0.05, 0.1) is 0 Å². The highest BCUT2D eigenvalue weighted by Crippen LogP contribution is 2.19. The number of hydrogen-bond acceptors (Lipinski definition) is 2. The van der Waals surface area contributed by atoms with Crippen molar-refractivity contribution in [3.05, 3.63) is 36.0 Å². The van der Waals surface area contributed by atoms with E-state index in [9.17, 15) is 0 Å². The van der Waals surface area contributed by atoms with E-state index in [4.69, 9.17) is 0 Å². The summed E-state index contributed by atoms with van der Waals surface area (Å²) in [6.07, 6.45) is 2.26. The fraction of sp³-hybridized carbons (Fsp3) is 0.529. The van der Waals surface area contributed by atoms with Crippen LogP contribution in [0, 0.1) is 6.92 Å². The van der Waals surface area contributed by atoms with E-state index in [1.807, 2.05) is 0 Å². The summed E-state index contributed by atoms with van der Waals surface area (Å²) in [4.78, 5) is 2.45. The minimum Gasteiger partial charge on any atom is -0.346 e. The molecule has 110 valence electrons. The van der Waals surface area contributed by atoms with Crippen LogP contribution in [0.15, 0.2) is 30.5 Å². The summed E-state index contributed by atoms with van der Waals surface area (Å²) in [6.45, 7) is 13.2. The highest BCUT2D eigenvalue weighted by atomic mass is 15.1. The molecular weight excluding hydrogens is 246 g/mol. The molecule has 3 heteroatoms. The minimum atomic E-state index is 1.03. The van der Waals surface area contributed by atoms with Crippen LogP contribution in [0.3, 0.4) is 0 Å². The number of likely N-dealkylation sites (N-methyl/N-ethyl adjacent to an activating group) is 1. The van der Waals surface area contributed by atoms with Crippen molar-refractivity contribution in [3.8, 4) is 0 Å². The van der Waals surface area contributed by atoms with Gasteiger partial charge in [-0.25, -0.2) is 0 Å². The molecule has 3 nitrogen and oxygen atoms in total. The van der Waals surface area contributed by atoms with E-state index in [0.717, 1.165) is 39.3 Å². The second-order valence-electron chi connectivity index (χ2n) is 5.30. The van der Waals surface area contributed by atoms with Crippen LogP contribution in [0.5, 0.6) is 0 Å². The zero-order chi connectivity index (χ0) is 14.4. The van der Waals surface area contributed by atoms with Gasteiger partial charge in [-0.05, 0) is 31.6 Å². The lowest BCUT2D eigenvalue weighted by Gasteiger charge is -2.18. The summed E-state index contributed by atoms with van der Waals surface area (Å²) in [7, 11) is 0. The minimum absolute atomic E-state index is 1.03. The van der Waals surface area contributed by atoms with Crippen molar-refractivity contribution in [1.29, 1.82) is 0 Å². The highest BCUT2D eigenvalue weighted by molar-refractivity contribution is 5.83. The lowest BCUT2D eigenvalue weighted by Crippen LogP contribution is -2.33. The molecular formula is C17H27N3. The van der Waals surface area contributed by atoms with Crippen LogP contribution in [0.2, 0.25) is 0 Å². The van der Waals surface area contributed by atoms with Crippen LogP contribution in [0.1, 0.15) is 19.4 Å². The number of aromatic nitrogens is 1. The fourth-order valence-corrected chi connectivity index (χ4v) is 2.72. The van der Waals surface area contributed by atoms with Gasteiger partial charge in [0.1, 0.15) is 0 Å². The van der Waals surface area contributed by atoms with Gasteiger partial charge < -0.3 is 14.8 Å². The Labute approximate surface area is 122 Å². The van der Waals surface area contributed by atoms with Crippen molar-refractivity contribution in [1.82, 2.24) is 14.8 Å². The molecule has 0 fully saturated rings. The molecule has 0 atom stereocenters. The molecule has 0 unspecified atom stereocenters. The van der Waals surface area contributed by atoms with Crippen LogP contribution in [0.25, 0.3) is 10.9 Å². The average Bonchev–Trinajstić information content (AvgIpc) is 2.80. The number of aryl methyl sites for hydroxylation is 1. The molecule has 20 heavy (non-hydrogen) atoms. The van der Waals surface area contributed by atoms with Gasteiger partial charge in [0.2, 0.25) is 0 Å². The fourth-order valence-electron chi connectivity index (χ4n) is 2.72. The number of nitrogens with one attached hydrogen (secondary N) is 1. The second kappa shape index (κ2) is 7.46. The summed E-state index contributed by atoms with van der Waals surface area (Å²) in [5.41, 5.74) is 2.71. The molecule has 1 heterocycles. The number of nitrogens with zero attached hydrogens (tertiary/aromatic N) is 2. The molecule has 1 aromatic carbocycles. The average molecular weight is 273 g/mol. The largest absolute Gasteiger partial charge is 0.346 e. The third kappa shape index (κ3) is 3.62. The zero-order valence-corrected chi connectivity index (χ0v) is 13.0. The predicted octanol–water partition coefficient (Wildman–Crippen LogP) is 2.88. The quantitative estimate of drug-likeness (QED) is 0.746. The molecule has 1 aromatic heterocycles. The third-order valence-electron chi connectivity index (χ3n) is 4.02. The van der Waals surface area contributed by atoms with Crippen molar-refractivity contribution >= 4 is 10.9 Å². The van der Waals surface area contributed by atoms with E-state index in [1.165, 1.54) is 16.5 Å². The van der Waals surface area contributed by atoms with Crippen molar-refractivity contribution < 1.29 is 0 Å². The van der Waals surface area contributed by atoms with Crippen molar-refractivity contribution in [2.45, 2.75) is 27.3 Å². The van der Waals surface area contributed by atoms with Crippen LogP contribution < -0.4 is 5.32 Å². The van der Waals surface area contributed by atoms with E-state index < -0.39 is 0 Å². The lowest BCUT2D eigenvalue weighted by molar-refractivity contribution is 0.302. The van der Waals surface area contributed by atoms with Crippen molar-refractivity contribution in [2.75, 3.05) is 32.7 Å². The Morgan fingerprint density at radius 1 is 1.10 bits per heavy atom. The van der Waals surface area contributed by atoms with Gasteiger partial charge in [-0.15, -0.1) is 0 Å². The number of benzene rings is 1. The van der Waals surface area contributed by atoms with Gasteiger partial charge in [0.15, 0.2) is 0 Å². The Bertz CT molecular complexity index is 526. The zero-order valence-electron chi connectivity index (χ0n) is 13.0. The first-order valence-corrected chi connectivity index (χ1v) is 7.73. The Morgan fingerprint density at radius 3 is 2.60 bits per heavy atom. The molecule has 0 amide bonds. The molecule has 0 aliphatic rings. The van der Waals surface area contributed by atoms with E-state index in [0.29, 0.717) is 0 Å². The van der Waals surface area contributed by atoms with Crippen LogP contribution >= 0.6 is 0 Å². The molecule has 0 saturated heterocycles. The van der Waals surface area contributed by atoms with E-state index in [1.54, 1.807) is 0 Å². The number of fused-ring (bicyclic) bond motifs is 1. The summed E-state index contributed by atoms with van der Waals surface area (Å²) < 4.78 is 2.36. The SMILES string of the molecule is CCN(CC)CCNCCn1cc(C)c2ccccc21. The lowest BCUT2D eigenvalue weighted by atomic mass is 10.2. The topological polar surface area (TPSA) is 20.2 Å². The van der Waals surface area contributed by atoms with Gasteiger partial charge >= 0.3 is 0 Å². The predicted molar refractivity (Wildman–Crippen MR) is 87.3 cm³/mol. The molecule has 1 N–H and O–H groups in total. The third-order valence-corrected chi connectivity index (χ3v) is 4.02. The van der Waals surface area contributed by atoms with Crippen molar-refractivity contribution in [2.24, 2.45) is 0 Å². The monoisotopic (exact) mass is 273 g/mol. The maximum atomic E-state index is 3.54. The normalized spacial score (nSPS) is 11.6. The maximum Gasteiger partial charge on any atom is 0.0483 e. The smallest absolute Gasteiger partial charge is 0.0483 e. The first-order valence-electron chi connectivity index (χ1n) is 7.73. The van der Waals surface area contributed by atoms with Gasteiger partial charge in [-0.2, -0.15) is 0 Å². The Balaban J connectivity index is 1.82.